The molecule has 0 saturated carbocycles. The molecule has 18 heavy (non-hydrogen) atoms. The van der Waals surface area contributed by atoms with Crippen LogP contribution in [-0.2, 0) is 14.3 Å². The number of carbonyl (C=O) groups excluding carboxylic acids is 1. The Morgan fingerprint density at radius 1 is 1.50 bits per heavy atom. The lowest BCUT2D eigenvalue weighted by Crippen LogP contribution is -2.60. The van der Waals surface area contributed by atoms with Crippen molar-refractivity contribution in [3.8, 4) is 0 Å². The number of nitrogens with one attached hydrogen (secondary N) is 1. The maximum atomic E-state index is 11.9. The summed E-state index contributed by atoms with van der Waals surface area (Å²) in [5.74, 6) is -1.35. The molecule has 2 aliphatic heterocycles. The fourth-order valence-electron chi connectivity index (χ4n) is 2.31. The molecule has 2 fully saturated rings. The number of amides is 1. The molecule has 0 spiro atoms. The number of hydrogen-bond acceptors (Lipinski definition) is 4. The predicted molar refractivity (Wildman–Crippen MR) is 64.2 cm³/mol. The van der Waals surface area contributed by atoms with E-state index in [1.165, 1.54) is 0 Å². The summed E-state index contributed by atoms with van der Waals surface area (Å²) >= 11 is 0. The molecule has 2 saturated heterocycles. The summed E-state index contributed by atoms with van der Waals surface area (Å²) in [6.07, 6.45) is 1.41. The molecule has 0 bridgehead atoms. The van der Waals surface area contributed by atoms with Gasteiger partial charge in [-0.25, -0.2) is 0 Å². The SMILES string of the molecule is CC1(OCC(=O)N2CCC[C@@H](C(=O)O)C2)CNC1. The number of piperidine rings is 1. The number of ether oxygens (including phenoxy) is 1. The molecule has 0 aromatic heterocycles. The summed E-state index contributed by atoms with van der Waals surface area (Å²) in [6, 6.07) is 0. The molecule has 0 unspecified atom stereocenters. The molecule has 102 valence electrons. The van der Waals surface area contributed by atoms with Gasteiger partial charge in [0.05, 0.1) is 11.5 Å². The van der Waals surface area contributed by atoms with Crippen molar-refractivity contribution < 1.29 is 19.4 Å². The zero-order valence-corrected chi connectivity index (χ0v) is 10.6. The Kier molecular flexibility index (Phi) is 3.87. The highest BCUT2D eigenvalue weighted by Gasteiger charge is 2.34. The van der Waals surface area contributed by atoms with Crippen LogP contribution in [0.4, 0.5) is 0 Å². The fourth-order valence-corrected chi connectivity index (χ4v) is 2.31. The summed E-state index contributed by atoms with van der Waals surface area (Å²) in [7, 11) is 0. The van der Waals surface area contributed by atoms with Gasteiger partial charge in [0.25, 0.3) is 0 Å². The lowest BCUT2D eigenvalue weighted by molar-refractivity contribution is -0.151. The van der Waals surface area contributed by atoms with Crippen LogP contribution in [0, 0.1) is 5.92 Å². The summed E-state index contributed by atoms with van der Waals surface area (Å²) in [5, 5.41) is 12.1. The standard InChI is InChI=1S/C12H20N2O4/c1-12(7-13-8-12)18-6-10(15)14-4-2-3-9(5-14)11(16)17/h9,13H,2-8H2,1H3,(H,16,17)/t9-/m1/s1. The monoisotopic (exact) mass is 256 g/mol. The van der Waals surface area contributed by atoms with E-state index in [1.54, 1.807) is 4.90 Å². The molecule has 6 heteroatoms. The van der Waals surface area contributed by atoms with Crippen molar-refractivity contribution in [1.29, 1.82) is 0 Å². The van der Waals surface area contributed by atoms with Gasteiger partial charge in [0.1, 0.15) is 6.61 Å². The van der Waals surface area contributed by atoms with Crippen LogP contribution in [0.25, 0.3) is 0 Å². The maximum absolute atomic E-state index is 11.9. The largest absolute Gasteiger partial charge is 0.481 e. The normalized spacial score (nSPS) is 26.5. The van der Waals surface area contributed by atoms with Gasteiger partial charge in [0, 0.05) is 26.2 Å². The molecular weight excluding hydrogens is 236 g/mol. The smallest absolute Gasteiger partial charge is 0.308 e. The molecule has 6 nitrogen and oxygen atoms in total. The van der Waals surface area contributed by atoms with Crippen LogP contribution in [0.15, 0.2) is 0 Å². The van der Waals surface area contributed by atoms with Crippen molar-refractivity contribution in [2.45, 2.75) is 25.4 Å². The van der Waals surface area contributed by atoms with Gasteiger partial charge in [-0.2, -0.15) is 0 Å². The molecule has 0 aliphatic carbocycles. The van der Waals surface area contributed by atoms with E-state index in [2.05, 4.69) is 5.32 Å². The number of aliphatic carboxylic acids is 1. The summed E-state index contributed by atoms with van der Waals surface area (Å²) < 4.78 is 5.58. The van der Waals surface area contributed by atoms with Crippen LogP contribution in [0.3, 0.4) is 0 Å². The lowest BCUT2D eigenvalue weighted by Gasteiger charge is -2.39. The van der Waals surface area contributed by atoms with E-state index in [9.17, 15) is 9.59 Å². The minimum Gasteiger partial charge on any atom is -0.481 e. The minimum atomic E-state index is -0.816. The second-order valence-electron chi connectivity index (χ2n) is 5.36. The van der Waals surface area contributed by atoms with Gasteiger partial charge < -0.3 is 20.1 Å². The Morgan fingerprint density at radius 3 is 2.78 bits per heavy atom. The van der Waals surface area contributed by atoms with Crippen molar-refractivity contribution in [2.75, 3.05) is 32.8 Å². The first kappa shape index (κ1) is 13.3. The van der Waals surface area contributed by atoms with Crippen LogP contribution < -0.4 is 5.32 Å². The maximum Gasteiger partial charge on any atom is 0.308 e. The Labute approximate surface area is 106 Å². The van der Waals surface area contributed by atoms with Crippen molar-refractivity contribution in [3.63, 3.8) is 0 Å². The average molecular weight is 256 g/mol. The van der Waals surface area contributed by atoms with Gasteiger partial charge in [-0.05, 0) is 19.8 Å². The zero-order chi connectivity index (χ0) is 13.2. The third kappa shape index (κ3) is 3.00. The van der Waals surface area contributed by atoms with E-state index in [0.29, 0.717) is 19.5 Å². The Hall–Kier alpha value is -1.14. The minimum absolute atomic E-state index is 0.0461. The van der Waals surface area contributed by atoms with Crippen LogP contribution in [0.1, 0.15) is 19.8 Å². The van der Waals surface area contributed by atoms with E-state index in [0.717, 1.165) is 19.5 Å². The number of nitrogens with zero attached hydrogens (tertiary/aromatic N) is 1. The van der Waals surface area contributed by atoms with E-state index in [-0.39, 0.29) is 18.1 Å². The molecular formula is C12H20N2O4. The van der Waals surface area contributed by atoms with Crippen molar-refractivity contribution in [3.05, 3.63) is 0 Å². The van der Waals surface area contributed by atoms with E-state index in [4.69, 9.17) is 9.84 Å². The number of hydrogen-bond donors (Lipinski definition) is 2. The van der Waals surface area contributed by atoms with E-state index >= 15 is 0 Å². The summed E-state index contributed by atoms with van der Waals surface area (Å²) in [4.78, 5) is 24.5. The molecule has 0 radical (unpaired) electrons. The third-order valence-electron chi connectivity index (χ3n) is 3.67. The Bertz CT molecular complexity index is 341. The highest BCUT2D eigenvalue weighted by molar-refractivity contribution is 5.79. The van der Waals surface area contributed by atoms with Gasteiger partial charge >= 0.3 is 5.97 Å². The predicted octanol–water partition coefficient (Wildman–Crippen LogP) is -0.312. The van der Waals surface area contributed by atoms with Gasteiger partial charge in [-0.15, -0.1) is 0 Å². The van der Waals surface area contributed by atoms with Crippen LogP contribution in [0.2, 0.25) is 0 Å². The van der Waals surface area contributed by atoms with Crippen molar-refractivity contribution in [1.82, 2.24) is 10.2 Å². The molecule has 2 heterocycles. The Balaban J connectivity index is 1.79. The number of likely N-dealkylation sites (tertiary alicyclic amines) is 1. The summed E-state index contributed by atoms with van der Waals surface area (Å²) in [6.45, 7) is 4.49. The zero-order valence-electron chi connectivity index (χ0n) is 10.6. The van der Waals surface area contributed by atoms with Crippen LogP contribution in [0.5, 0.6) is 0 Å². The second-order valence-corrected chi connectivity index (χ2v) is 5.36. The fraction of sp³-hybridized carbons (Fsp3) is 0.833. The highest BCUT2D eigenvalue weighted by Crippen LogP contribution is 2.18. The number of rotatable bonds is 4. The quantitative estimate of drug-likeness (QED) is 0.721. The topological polar surface area (TPSA) is 78.9 Å². The average Bonchev–Trinajstić information content (AvgIpc) is 2.33. The molecule has 2 rings (SSSR count). The first-order chi connectivity index (χ1) is 8.50. The number of carboxylic acids is 1. The third-order valence-corrected chi connectivity index (χ3v) is 3.67. The first-order valence-corrected chi connectivity index (χ1v) is 6.35. The summed E-state index contributed by atoms with van der Waals surface area (Å²) in [5.41, 5.74) is -0.238. The molecule has 2 aliphatic rings. The Morgan fingerprint density at radius 2 is 2.22 bits per heavy atom. The van der Waals surface area contributed by atoms with E-state index in [1.807, 2.05) is 6.92 Å². The van der Waals surface area contributed by atoms with Crippen molar-refractivity contribution >= 4 is 11.9 Å². The highest BCUT2D eigenvalue weighted by atomic mass is 16.5. The molecule has 2 N–H and O–H groups in total. The molecule has 1 atom stereocenters. The van der Waals surface area contributed by atoms with Gasteiger partial charge in [0.15, 0.2) is 0 Å². The van der Waals surface area contributed by atoms with Crippen LogP contribution >= 0.6 is 0 Å². The van der Waals surface area contributed by atoms with Gasteiger partial charge in [0.2, 0.25) is 5.91 Å². The molecule has 0 aromatic rings. The number of carbonyl (C=O) groups is 2. The van der Waals surface area contributed by atoms with Crippen LogP contribution in [-0.4, -0.2) is 60.3 Å². The lowest BCUT2D eigenvalue weighted by atomic mass is 9.98. The van der Waals surface area contributed by atoms with E-state index < -0.39 is 11.9 Å². The number of carboxylic acid groups (broad SMARTS) is 1. The first-order valence-electron chi connectivity index (χ1n) is 6.35. The van der Waals surface area contributed by atoms with Crippen molar-refractivity contribution in [2.24, 2.45) is 5.92 Å². The molecule has 1 amide bonds. The second kappa shape index (κ2) is 5.24. The van der Waals surface area contributed by atoms with Gasteiger partial charge in [-0.3, -0.25) is 9.59 Å². The molecule has 0 aromatic carbocycles. The van der Waals surface area contributed by atoms with Gasteiger partial charge in [-0.1, -0.05) is 0 Å².